The zero-order valence-electron chi connectivity index (χ0n) is 5.94. The van der Waals surface area contributed by atoms with E-state index in [0.717, 1.165) is 5.70 Å². The Morgan fingerprint density at radius 3 is 3.09 bits per heavy atom. The normalized spacial score (nSPS) is 20.6. The molecule has 0 aliphatic carbocycles. The minimum Gasteiger partial charge on any atom is -0.375 e. The van der Waals surface area contributed by atoms with E-state index in [-0.39, 0.29) is 6.73 Å². The number of nitrogens with zero attached hydrogens (tertiary/aromatic N) is 2. The first-order chi connectivity index (χ1) is 5.40. The highest BCUT2D eigenvalue weighted by molar-refractivity contribution is 5.28. The van der Waals surface area contributed by atoms with Gasteiger partial charge in [0.25, 0.3) is 0 Å². The van der Waals surface area contributed by atoms with E-state index >= 15 is 0 Å². The monoisotopic (exact) mass is 151 g/mol. The van der Waals surface area contributed by atoms with Crippen LogP contribution in [-0.4, -0.2) is 21.9 Å². The fraction of sp³-hybridized carbons (Fsp3) is 0.143. The highest BCUT2D eigenvalue weighted by Crippen LogP contribution is 2.15. The lowest BCUT2D eigenvalue weighted by atomic mass is 10.3. The van der Waals surface area contributed by atoms with E-state index in [1.165, 1.54) is 0 Å². The van der Waals surface area contributed by atoms with Crippen molar-refractivity contribution in [1.82, 2.24) is 15.6 Å². The van der Waals surface area contributed by atoms with Crippen LogP contribution in [0.1, 0.15) is 0 Å². The molecule has 0 aromatic heterocycles. The van der Waals surface area contributed by atoms with Crippen molar-refractivity contribution in [2.45, 2.75) is 0 Å². The molecule has 4 heteroatoms. The molecule has 0 bridgehead atoms. The van der Waals surface area contributed by atoms with Crippen LogP contribution in [0.4, 0.5) is 0 Å². The number of rotatable bonds is 1. The van der Waals surface area contributed by atoms with Gasteiger partial charge in [0.15, 0.2) is 0 Å². The third-order valence-corrected chi connectivity index (χ3v) is 1.57. The minimum atomic E-state index is -0.0261. The average molecular weight is 151 g/mol. The molecule has 58 valence electrons. The van der Waals surface area contributed by atoms with Crippen LogP contribution in [0.3, 0.4) is 0 Å². The molecule has 2 N–H and O–H groups in total. The summed E-state index contributed by atoms with van der Waals surface area (Å²) in [5.74, 6) is 0. The van der Waals surface area contributed by atoms with E-state index in [0.29, 0.717) is 0 Å². The van der Waals surface area contributed by atoms with Crippen LogP contribution >= 0.6 is 0 Å². The van der Waals surface area contributed by atoms with E-state index in [4.69, 9.17) is 5.11 Å². The van der Waals surface area contributed by atoms with Crippen molar-refractivity contribution in [3.63, 3.8) is 0 Å². The van der Waals surface area contributed by atoms with Gasteiger partial charge in [-0.2, -0.15) is 0 Å². The minimum absolute atomic E-state index is 0.0261. The summed E-state index contributed by atoms with van der Waals surface area (Å²) in [6.45, 7) is -0.0261. The van der Waals surface area contributed by atoms with Crippen molar-refractivity contribution in [3.05, 3.63) is 36.3 Å². The number of hydrogen-bond acceptors (Lipinski definition) is 4. The number of fused-ring (bicyclic) bond motifs is 1. The lowest BCUT2D eigenvalue weighted by Gasteiger charge is -2.19. The molecule has 0 aromatic rings. The number of allylic oxidation sites excluding steroid dienone is 3. The third-order valence-electron chi connectivity index (χ3n) is 1.57. The van der Waals surface area contributed by atoms with Crippen LogP contribution in [0, 0.1) is 0 Å². The van der Waals surface area contributed by atoms with E-state index in [1.807, 2.05) is 35.6 Å². The molecule has 0 amide bonds. The summed E-state index contributed by atoms with van der Waals surface area (Å²) in [6, 6.07) is 0. The predicted octanol–water partition coefficient (Wildman–Crippen LogP) is -0.102. The summed E-state index contributed by atoms with van der Waals surface area (Å²) in [7, 11) is 0. The standard InChI is InChI=1S/C7H9N3O/c11-6-9-5-7-3-1-2-4-10(7)8-9/h1-5,8,11H,6H2. The summed E-state index contributed by atoms with van der Waals surface area (Å²) in [5.41, 5.74) is 3.96. The maximum absolute atomic E-state index is 8.76. The van der Waals surface area contributed by atoms with Crippen molar-refractivity contribution in [2.75, 3.05) is 6.73 Å². The van der Waals surface area contributed by atoms with Crippen molar-refractivity contribution in [1.29, 1.82) is 0 Å². The third kappa shape index (κ3) is 1.02. The zero-order chi connectivity index (χ0) is 7.68. The maximum atomic E-state index is 8.76. The maximum Gasteiger partial charge on any atom is 0.131 e. The molecule has 0 fully saturated rings. The number of aliphatic hydroxyl groups excluding tert-OH is 1. The molecule has 0 unspecified atom stereocenters. The Balaban J connectivity index is 2.19. The molecule has 4 nitrogen and oxygen atoms in total. The van der Waals surface area contributed by atoms with Gasteiger partial charge in [-0.15, -0.1) is 5.53 Å². The molecule has 0 aromatic carbocycles. The summed E-state index contributed by atoms with van der Waals surface area (Å²) >= 11 is 0. The summed E-state index contributed by atoms with van der Waals surface area (Å²) in [4.78, 5) is 0. The smallest absolute Gasteiger partial charge is 0.131 e. The fourth-order valence-electron chi connectivity index (χ4n) is 1.05. The van der Waals surface area contributed by atoms with Gasteiger partial charge in [-0.3, -0.25) is 10.0 Å². The molecular formula is C7H9N3O. The van der Waals surface area contributed by atoms with Crippen LogP contribution in [0.5, 0.6) is 0 Å². The first-order valence-corrected chi connectivity index (χ1v) is 3.40. The second-order valence-electron chi connectivity index (χ2n) is 2.34. The number of aliphatic hydroxyl groups is 1. The van der Waals surface area contributed by atoms with Gasteiger partial charge in [0.1, 0.15) is 6.73 Å². The second-order valence-corrected chi connectivity index (χ2v) is 2.34. The number of hydrogen-bond donors (Lipinski definition) is 2. The molecule has 2 rings (SSSR count). The lowest BCUT2D eigenvalue weighted by Crippen LogP contribution is -2.37. The molecule has 0 spiro atoms. The molecule has 2 aliphatic rings. The van der Waals surface area contributed by atoms with Crippen molar-refractivity contribution in [3.8, 4) is 0 Å². The van der Waals surface area contributed by atoms with Gasteiger partial charge in [0.05, 0.1) is 5.70 Å². The lowest BCUT2D eigenvalue weighted by molar-refractivity contribution is 0.0703. The van der Waals surface area contributed by atoms with E-state index in [2.05, 4.69) is 5.53 Å². The van der Waals surface area contributed by atoms with Gasteiger partial charge < -0.3 is 5.11 Å². The largest absolute Gasteiger partial charge is 0.375 e. The van der Waals surface area contributed by atoms with Crippen molar-refractivity contribution >= 4 is 0 Å². The van der Waals surface area contributed by atoms with Gasteiger partial charge >= 0.3 is 0 Å². The quantitative estimate of drug-likeness (QED) is 0.549. The SMILES string of the molecule is OCN1C=C2C=CC=CN2N1. The van der Waals surface area contributed by atoms with Crippen molar-refractivity contribution in [2.24, 2.45) is 0 Å². The van der Waals surface area contributed by atoms with Crippen LogP contribution in [0.2, 0.25) is 0 Å². The van der Waals surface area contributed by atoms with Gasteiger partial charge in [-0.05, 0) is 12.2 Å². The van der Waals surface area contributed by atoms with Gasteiger partial charge in [-0.1, -0.05) is 6.08 Å². The Hall–Kier alpha value is -1.26. The molecule has 11 heavy (non-hydrogen) atoms. The highest BCUT2D eigenvalue weighted by atomic mass is 16.3. The first-order valence-electron chi connectivity index (χ1n) is 3.40. The van der Waals surface area contributed by atoms with Crippen LogP contribution in [-0.2, 0) is 0 Å². The molecule has 0 saturated carbocycles. The number of nitrogens with one attached hydrogen (secondary N) is 1. The Morgan fingerprint density at radius 2 is 2.36 bits per heavy atom. The molecule has 2 heterocycles. The molecule has 0 atom stereocenters. The first kappa shape index (κ1) is 6.45. The Kier molecular flexibility index (Phi) is 1.41. The Bertz CT molecular complexity index is 244. The van der Waals surface area contributed by atoms with E-state index < -0.39 is 0 Å². The van der Waals surface area contributed by atoms with Crippen LogP contribution in [0.25, 0.3) is 0 Å². The summed E-state index contributed by atoms with van der Waals surface area (Å²) in [6.07, 6.45) is 9.56. The Morgan fingerprint density at radius 1 is 1.45 bits per heavy atom. The number of hydrazine groups is 2. The van der Waals surface area contributed by atoms with Gasteiger partial charge in [0, 0.05) is 12.4 Å². The van der Waals surface area contributed by atoms with Crippen molar-refractivity contribution < 1.29 is 5.11 Å². The fourth-order valence-corrected chi connectivity index (χ4v) is 1.05. The van der Waals surface area contributed by atoms with Crippen LogP contribution in [0.15, 0.2) is 36.3 Å². The molecular weight excluding hydrogens is 142 g/mol. The van der Waals surface area contributed by atoms with Crippen LogP contribution < -0.4 is 5.53 Å². The highest BCUT2D eigenvalue weighted by Gasteiger charge is 2.16. The molecule has 0 saturated heterocycles. The second kappa shape index (κ2) is 2.41. The zero-order valence-corrected chi connectivity index (χ0v) is 5.94. The summed E-state index contributed by atoms with van der Waals surface area (Å²) in [5, 5.41) is 12.2. The summed E-state index contributed by atoms with van der Waals surface area (Å²) < 4.78 is 0. The van der Waals surface area contributed by atoms with E-state index in [1.54, 1.807) is 5.01 Å². The molecule has 2 aliphatic heterocycles. The molecule has 0 radical (unpaired) electrons. The Labute approximate surface area is 64.7 Å². The van der Waals surface area contributed by atoms with Gasteiger partial charge in [-0.25, -0.2) is 0 Å². The van der Waals surface area contributed by atoms with E-state index in [9.17, 15) is 0 Å². The topological polar surface area (TPSA) is 38.7 Å². The predicted molar refractivity (Wildman–Crippen MR) is 40.3 cm³/mol. The van der Waals surface area contributed by atoms with Gasteiger partial charge in [0.2, 0.25) is 0 Å². The average Bonchev–Trinajstić information content (AvgIpc) is 2.46.